The second-order valence-electron chi connectivity index (χ2n) is 3.04. The molecule has 0 saturated heterocycles. The van der Waals surface area contributed by atoms with E-state index in [-0.39, 0.29) is 5.56 Å². The highest BCUT2D eigenvalue weighted by atomic mass is 16.4. The summed E-state index contributed by atoms with van der Waals surface area (Å²) in [5.74, 6) is -1.04. The highest BCUT2D eigenvalue weighted by Crippen LogP contribution is 2.12. The molecule has 0 fully saturated rings. The normalized spacial score (nSPS) is 14.8. The van der Waals surface area contributed by atoms with Gasteiger partial charge in [-0.15, -0.1) is 0 Å². The molecular weight excluding hydrogens is 184 g/mol. The lowest BCUT2D eigenvalue weighted by atomic mass is 10.1. The summed E-state index contributed by atoms with van der Waals surface area (Å²) in [6.07, 6.45) is 0.604. The third-order valence-electron chi connectivity index (χ3n) is 1.89. The minimum atomic E-state index is -1.04. The van der Waals surface area contributed by atoms with Gasteiger partial charge in [0.15, 0.2) is 0 Å². The lowest BCUT2D eigenvalue weighted by Crippen LogP contribution is -2.24. The fraction of sp³-hybridized carbons (Fsp3) is 0.333. The molecule has 14 heavy (non-hydrogen) atoms. The number of carboxylic acid groups (broad SMARTS) is 1. The first-order chi connectivity index (χ1) is 6.52. The van der Waals surface area contributed by atoms with Crippen LogP contribution in [0.3, 0.4) is 0 Å². The van der Waals surface area contributed by atoms with Gasteiger partial charge in [0, 0.05) is 6.20 Å². The Labute approximate surface area is 81.2 Å². The minimum absolute atomic E-state index is 0.117. The van der Waals surface area contributed by atoms with Gasteiger partial charge in [-0.25, -0.2) is 4.79 Å². The molecule has 0 radical (unpaired) electrons. The van der Waals surface area contributed by atoms with E-state index in [9.17, 15) is 9.90 Å². The van der Waals surface area contributed by atoms with E-state index >= 15 is 0 Å². The Morgan fingerprint density at radius 3 is 2.79 bits per heavy atom. The molecule has 0 saturated carbocycles. The molecule has 4 N–H and O–H groups in total. The largest absolute Gasteiger partial charge is 0.478 e. The van der Waals surface area contributed by atoms with Crippen LogP contribution in [-0.2, 0) is 0 Å². The molecule has 0 amide bonds. The number of aromatic nitrogens is 1. The predicted octanol–water partition coefficient (Wildman–Crippen LogP) is 0.160. The van der Waals surface area contributed by atoms with Crippen LogP contribution in [0.1, 0.15) is 29.0 Å². The van der Waals surface area contributed by atoms with Gasteiger partial charge < -0.3 is 15.9 Å². The van der Waals surface area contributed by atoms with E-state index in [0.717, 1.165) is 0 Å². The smallest absolute Gasteiger partial charge is 0.335 e. The third-order valence-corrected chi connectivity index (χ3v) is 1.89. The Bertz CT molecular complexity index is 339. The van der Waals surface area contributed by atoms with Gasteiger partial charge in [-0.05, 0) is 19.1 Å². The van der Waals surface area contributed by atoms with Gasteiger partial charge in [0.2, 0.25) is 0 Å². The van der Waals surface area contributed by atoms with E-state index in [2.05, 4.69) is 4.98 Å². The van der Waals surface area contributed by atoms with E-state index in [4.69, 9.17) is 10.8 Å². The molecule has 76 valence electrons. The summed E-state index contributed by atoms with van der Waals surface area (Å²) in [5.41, 5.74) is 6.09. The molecule has 0 spiro atoms. The van der Waals surface area contributed by atoms with Gasteiger partial charge in [-0.3, -0.25) is 4.98 Å². The van der Waals surface area contributed by atoms with Crippen LogP contribution in [-0.4, -0.2) is 27.3 Å². The second-order valence-corrected chi connectivity index (χ2v) is 3.04. The van der Waals surface area contributed by atoms with Crippen molar-refractivity contribution in [3.05, 3.63) is 29.6 Å². The van der Waals surface area contributed by atoms with Gasteiger partial charge >= 0.3 is 5.97 Å². The zero-order valence-corrected chi connectivity index (χ0v) is 7.71. The molecule has 0 bridgehead atoms. The third kappa shape index (κ3) is 2.27. The number of carbonyl (C=O) groups is 1. The molecule has 1 aromatic rings. The zero-order chi connectivity index (χ0) is 10.7. The standard InChI is InChI=1S/C9H12N2O3/c1-5(12)8(10)7-4-6(9(13)14)2-3-11-7/h2-5,8,12H,10H2,1H3,(H,13,14)/t5-,8+/m0/s1. The maximum Gasteiger partial charge on any atom is 0.335 e. The van der Waals surface area contributed by atoms with E-state index in [1.807, 2.05) is 0 Å². The summed E-state index contributed by atoms with van der Waals surface area (Å²) in [6, 6.07) is 2.08. The molecule has 0 unspecified atom stereocenters. The summed E-state index contributed by atoms with van der Waals surface area (Å²) in [5, 5.41) is 17.9. The number of nitrogens with two attached hydrogens (primary N) is 1. The summed E-state index contributed by atoms with van der Waals surface area (Å²) in [7, 11) is 0. The van der Waals surface area contributed by atoms with Crippen LogP contribution < -0.4 is 5.73 Å². The molecule has 0 aromatic carbocycles. The van der Waals surface area contributed by atoms with Crippen LogP contribution >= 0.6 is 0 Å². The number of rotatable bonds is 3. The number of aromatic carboxylic acids is 1. The molecule has 0 aliphatic rings. The number of hydrogen-bond donors (Lipinski definition) is 3. The molecule has 2 atom stereocenters. The quantitative estimate of drug-likeness (QED) is 0.639. The molecule has 1 rings (SSSR count). The van der Waals surface area contributed by atoms with Crippen molar-refractivity contribution in [3.63, 3.8) is 0 Å². The molecule has 5 nitrogen and oxygen atoms in total. The maximum absolute atomic E-state index is 10.6. The van der Waals surface area contributed by atoms with Gasteiger partial charge in [-0.1, -0.05) is 0 Å². The second kappa shape index (κ2) is 4.17. The van der Waals surface area contributed by atoms with Crippen LogP contribution in [0.4, 0.5) is 0 Å². The maximum atomic E-state index is 10.6. The molecule has 5 heteroatoms. The topological polar surface area (TPSA) is 96.4 Å². The van der Waals surface area contributed by atoms with E-state index in [0.29, 0.717) is 5.69 Å². The first kappa shape index (κ1) is 10.6. The van der Waals surface area contributed by atoms with Gasteiger partial charge in [0.1, 0.15) is 0 Å². The summed E-state index contributed by atoms with van der Waals surface area (Å²) < 4.78 is 0. The fourth-order valence-electron chi connectivity index (χ4n) is 1.01. The molecule has 1 heterocycles. The van der Waals surface area contributed by atoms with Gasteiger partial charge in [0.05, 0.1) is 23.4 Å². The van der Waals surface area contributed by atoms with E-state index < -0.39 is 18.1 Å². The monoisotopic (exact) mass is 196 g/mol. The lowest BCUT2D eigenvalue weighted by molar-refractivity contribution is 0.0696. The van der Waals surface area contributed by atoms with Crippen molar-refractivity contribution in [2.45, 2.75) is 19.1 Å². The van der Waals surface area contributed by atoms with Crippen molar-refractivity contribution in [2.75, 3.05) is 0 Å². The van der Waals surface area contributed by atoms with Crippen LogP contribution in [0.25, 0.3) is 0 Å². The summed E-state index contributed by atoms with van der Waals surface area (Å²) in [4.78, 5) is 14.5. The number of aliphatic hydroxyl groups is 1. The van der Waals surface area contributed by atoms with Crippen LogP contribution in [0.15, 0.2) is 18.3 Å². The fourth-order valence-corrected chi connectivity index (χ4v) is 1.01. The van der Waals surface area contributed by atoms with E-state index in [1.54, 1.807) is 0 Å². The Hall–Kier alpha value is -1.46. The summed E-state index contributed by atoms with van der Waals surface area (Å²) >= 11 is 0. The van der Waals surface area contributed by atoms with Crippen LogP contribution in [0.2, 0.25) is 0 Å². The van der Waals surface area contributed by atoms with Crippen molar-refractivity contribution in [1.29, 1.82) is 0 Å². The predicted molar refractivity (Wildman–Crippen MR) is 49.8 cm³/mol. The van der Waals surface area contributed by atoms with Crippen molar-refractivity contribution < 1.29 is 15.0 Å². The Morgan fingerprint density at radius 2 is 2.29 bits per heavy atom. The number of nitrogens with zero attached hydrogens (tertiary/aromatic N) is 1. The zero-order valence-electron chi connectivity index (χ0n) is 7.71. The minimum Gasteiger partial charge on any atom is -0.478 e. The highest BCUT2D eigenvalue weighted by Gasteiger charge is 2.14. The van der Waals surface area contributed by atoms with Crippen molar-refractivity contribution in [2.24, 2.45) is 5.73 Å². The lowest BCUT2D eigenvalue weighted by Gasteiger charge is -2.13. The molecule has 0 aliphatic heterocycles. The SMILES string of the molecule is C[C@H](O)[C@@H](N)c1cc(C(=O)O)ccn1. The molecule has 1 aromatic heterocycles. The van der Waals surface area contributed by atoms with Crippen molar-refractivity contribution in [1.82, 2.24) is 4.98 Å². The Kier molecular flexibility index (Phi) is 3.16. The Morgan fingerprint density at radius 1 is 1.64 bits per heavy atom. The molecule has 0 aliphatic carbocycles. The van der Waals surface area contributed by atoms with Gasteiger partial charge in [-0.2, -0.15) is 0 Å². The van der Waals surface area contributed by atoms with Crippen LogP contribution in [0, 0.1) is 0 Å². The van der Waals surface area contributed by atoms with Crippen molar-refractivity contribution in [3.8, 4) is 0 Å². The highest BCUT2D eigenvalue weighted by molar-refractivity contribution is 5.87. The number of hydrogen-bond acceptors (Lipinski definition) is 4. The number of pyridine rings is 1. The first-order valence-corrected chi connectivity index (χ1v) is 4.15. The average Bonchev–Trinajstić information content (AvgIpc) is 2.16. The first-order valence-electron chi connectivity index (χ1n) is 4.15. The number of aliphatic hydroxyl groups excluding tert-OH is 1. The van der Waals surface area contributed by atoms with Crippen molar-refractivity contribution >= 4 is 5.97 Å². The Balaban J connectivity index is 2.99. The van der Waals surface area contributed by atoms with E-state index in [1.165, 1.54) is 25.3 Å². The average molecular weight is 196 g/mol. The van der Waals surface area contributed by atoms with Gasteiger partial charge in [0.25, 0.3) is 0 Å². The molecular formula is C9H12N2O3. The van der Waals surface area contributed by atoms with Crippen LogP contribution in [0.5, 0.6) is 0 Å². The number of carboxylic acids is 1. The summed E-state index contributed by atoms with van der Waals surface area (Å²) in [6.45, 7) is 1.53.